The average molecular weight is 295 g/mol. The van der Waals surface area contributed by atoms with Gasteiger partial charge in [-0.1, -0.05) is 30.3 Å². The average Bonchev–Trinajstić information content (AvgIpc) is 2.57. The Morgan fingerprint density at radius 3 is 2.50 bits per heavy atom. The zero-order valence-electron chi connectivity index (χ0n) is 11.7. The Balaban J connectivity index is 1.66. The quantitative estimate of drug-likeness (QED) is 0.755. The maximum Gasteiger partial charge on any atom is 0.244 e. The molecule has 6 heteroatoms. The molecule has 0 unspecified atom stereocenters. The van der Waals surface area contributed by atoms with Crippen LogP contribution < -0.4 is 10.6 Å². The molecule has 0 aliphatic carbocycles. The van der Waals surface area contributed by atoms with Gasteiger partial charge in [-0.25, -0.2) is 4.39 Å². The molecule has 2 N–H and O–H groups in total. The molecular weight excluding hydrogens is 281 g/mol. The van der Waals surface area contributed by atoms with Crippen LogP contribution in [0.15, 0.2) is 60.8 Å². The molecule has 3 rings (SSSR count). The highest BCUT2D eigenvalue weighted by Crippen LogP contribution is 2.15. The number of hydrogen-bond acceptors (Lipinski definition) is 5. The molecule has 0 aliphatic heterocycles. The van der Waals surface area contributed by atoms with E-state index < -0.39 is 0 Å². The van der Waals surface area contributed by atoms with E-state index in [4.69, 9.17) is 0 Å². The van der Waals surface area contributed by atoms with Crippen LogP contribution in [0.4, 0.5) is 21.8 Å². The van der Waals surface area contributed by atoms with E-state index in [-0.39, 0.29) is 5.82 Å². The molecule has 0 atom stereocenters. The molecule has 0 fully saturated rings. The van der Waals surface area contributed by atoms with Crippen molar-refractivity contribution < 1.29 is 4.39 Å². The first kappa shape index (κ1) is 13.9. The summed E-state index contributed by atoms with van der Waals surface area (Å²) in [5.41, 5.74) is 1.86. The third kappa shape index (κ3) is 3.76. The van der Waals surface area contributed by atoms with E-state index >= 15 is 0 Å². The number of hydrogen-bond donors (Lipinski definition) is 2. The Labute approximate surface area is 127 Å². The lowest BCUT2D eigenvalue weighted by atomic mass is 10.2. The minimum absolute atomic E-state index is 0.281. The van der Waals surface area contributed by atoms with Crippen molar-refractivity contribution in [3.8, 4) is 0 Å². The smallest absolute Gasteiger partial charge is 0.244 e. The number of anilines is 3. The summed E-state index contributed by atoms with van der Waals surface area (Å²) in [7, 11) is 0. The van der Waals surface area contributed by atoms with Gasteiger partial charge >= 0.3 is 0 Å². The maximum atomic E-state index is 12.9. The highest BCUT2D eigenvalue weighted by atomic mass is 19.1. The van der Waals surface area contributed by atoms with Crippen LogP contribution in [0.25, 0.3) is 0 Å². The van der Waals surface area contributed by atoms with Crippen LogP contribution >= 0.6 is 0 Å². The first-order chi connectivity index (χ1) is 10.8. The molecule has 0 saturated carbocycles. The number of nitrogens with zero attached hydrogens (tertiary/aromatic N) is 3. The molecule has 0 saturated heterocycles. The number of aromatic nitrogens is 3. The Hall–Kier alpha value is -3.02. The van der Waals surface area contributed by atoms with Crippen molar-refractivity contribution in [3.05, 3.63) is 72.2 Å². The second kappa shape index (κ2) is 6.62. The maximum absolute atomic E-state index is 12.9. The van der Waals surface area contributed by atoms with Gasteiger partial charge in [0.15, 0.2) is 5.82 Å². The topological polar surface area (TPSA) is 62.7 Å². The highest BCUT2D eigenvalue weighted by molar-refractivity contribution is 5.55. The van der Waals surface area contributed by atoms with Crippen molar-refractivity contribution in [1.82, 2.24) is 15.2 Å². The van der Waals surface area contributed by atoms with Crippen molar-refractivity contribution in [2.45, 2.75) is 6.54 Å². The van der Waals surface area contributed by atoms with E-state index in [1.54, 1.807) is 12.1 Å². The molecule has 1 heterocycles. The zero-order valence-corrected chi connectivity index (χ0v) is 11.7. The van der Waals surface area contributed by atoms with Crippen molar-refractivity contribution in [3.63, 3.8) is 0 Å². The Morgan fingerprint density at radius 2 is 1.73 bits per heavy atom. The van der Waals surface area contributed by atoms with E-state index in [0.717, 1.165) is 11.3 Å². The van der Waals surface area contributed by atoms with Gasteiger partial charge in [0, 0.05) is 12.2 Å². The van der Waals surface area contributed by atoms with Crippen molar-refractivity contribution in [2.75, 3.05) is 10.6 Å². The third-order valence-corrected chi connectivity index (χ3v) is 2.97. The summed E-state index contributed by atoms with van der Waals surface area (Å²) in [6.45, 7) is 0.614. The molecule has 2 aromatic carbocycles. The summed E-state index contributed by atoms with van der Waals surface area (Å²) in [6, 6.07) is 16.0. The molecule has 22 heavy (non-hydrogen) atoms. The van der Waals surface area contributed by atoms with Crippen LogP contribution in [-0.4, -0.2) is 15.2 Å². The van der Waals surface area contributed by atoms with Gasteiger partial charge in [0.05, 0.1) is 6.20 Å². The first-order valence-electron chi connectivity index (χ1n) is 6.80. The molecule has 1 aromatic heterocycles. The summed E-state index contributed by atoms with van der Waals surface area (Å²) in [5, 5.41) is 14.0. The molecule has 0 amide bonds. The molecule has 0 radical (unpaired) electrons. The summed E-state index contributed by atoms with van der Waals surface area (Å²) in [5.74, 6) is 0.685. The molecule has 3 aromatic rings. The van der Waals surface area contributed by atoms with E-state index in [2.05, 4.69) is 25.8 Å². The zero-order chi connectivity index (χ0) is 15.2. The van der Waals surface area contributed by atoms with Crippen LogP contribution in [0, 0.1) is 5.82 Å². The predicted octanol–water partition coefficient (Wildman–Crippen LogP) is 3.37. The van der Waals surface area contributed by atoms with Crippen molar-refractivity contribution in [1.29, 1.82) is 0 Å². The lowest BCUT2D eigenvalue weighted by molar-refractivity contribution is 0.628. The lowest BCUT2D eigenvalue weighted by Gasteiger charge is -2.07. The van der Waals surface area contributed by atoms with Gasteiger partial charge in [0.25, 0.3) is 0 Å². The minimum atomic E-state index is -0.281. The van der Waals surface area contributed by atoms with Gasteiger partial charge < -0.3 is 10.6 Å². The van der Waals surface area contributed by atoms with Crippen molar-refractivity contribution >= 4 is 17.5 Å². The molecule has 5 nitrogen and oxygen atoms in total. The van der Waals surface area contributed by atoms with Crippen molar-refractivity contribution in [2.24, 2.45) is 0 Å². The van der Waals surface area contributed by atoms with Crippen LogP contribution in [0.1, 0.15) is 5.56 Å². The standard InChI is InChI=1S/C16H14FN5/c17-13-6-8-14(9-7-13)20-15-11-19-22-16(21-15)18-10-12-4-2-1-3-5-12/h1-9,11H,10H2,(H2,18,20,21,22). The van der Waals surface area contributed by atoms with E-state index in [1.807, 2.05) is 30.3 Å². The van der Waals surface area contributed by atoms with Gasteiger partial charge in [-0.05, 0) is 29.8 Å². The molecule has 0 spiro atoms. The first-order valence-corrected chi connectivity index (χ1v) is 6.80. The Kier molecular flexibility index (Phi) is 4.20. The van der Waals surface area contributed by atoms with Gasteiger partial charge in [-0.3, -0.25) is 0 Å². The van der Waals surface area contributed by atoms with E-state index in [0.29, 0.717) is 18.3 Å². The number of benzene rings is 2. The van der Waals surface area contributed by atoms with Gasteiger partial charge in [0.1, 0.15) is 5.82 Å². The van der Waals surface area contributed by atoms with Crippen LogP contribution in [0.5, 0.6) is 0 Å². The van der Waals surface area contributed by atoms with Crippen LogP contribution in [0.3, 0.4) is 0 Å². The van der Waals surface area contributed by atoms with Gasteiger partial charge in [-0.2, -0.15) is 10.1 Å². The Morgan fingerprint density at radius 1 is 0.955 bits per heavy atom. The summed E-state index contributed by atoms with van der Waals surface area (Å²) >= 11 is 0. The second-order valence-corrected chi connectivity index (χ2v) is 4.64. The Bertz CT molecular complexity index is 731. The largest absolute Gasteiger partial charge is 0.349 e. The molecule has 110 valence electrons. The minimum Gasteiger partial charge on any atom is -0.349 e. The number of halogens is 1. The number of rotatable bonds is 5. The fourth-order valence-corrected chi connectivity index (χ4v) is 1.90. The predicted molar refractivity (Wildman–Crippen MR) is 83.3 cm³/mol. The highest BCUT2D eigenvalue weighted by Gasteiger charge is 2.01. The van der Waals surface area contributed by atoms with E-state index in [1.165, 1.54) is 18.3 Å². The SMILES string of the molecule is Fc1ccc(Nc2cnnc(NCc3ccccc3)n2)cc1. The summed E-state index contributed by atoms with van der Waals surface area (Å²) in [6.07, 6.45) is 1.51. The number of nitrogens with one attached hydrogen (secondary N) is 2. The van der Waals surface area contributed by atoms with Crippen LogP contribution in [-0.2, 0) is 6.54 Å². The summed E-state index contributed by atoms with van der Waals surface area (Å²) < 4.78 is 12.9. The molecular formula is C16H14FN5. The fourth-order valence-electron chi connectivity index (χ4n) is 1.90. The monoisotopic (exact) mass is 295 g/mol. The summed E-state index contributed by atoms with van der Waals surface area (Å²) in [4.78, 5) is 4.32. The lowest BCUT2D eigenvalue weighted by Crippen LogP contribution is -2.06. The molecule has 0 aliphatic rings. The fraction of sp³-hybridized carbons (Fsp3) is 0.0625. The van der Waals surface area contributed by atoms with E-state index in [9.17, 15) is 4.39 Å². The molecule has 0 bridgehead atoms. The van der Waals surface area contributed by atoms with Gasteiger partial charge in [0.2, 0.25) is 5.95 Å². The van der Waals surface area contributed by atoms with Crippen LogP contribution in [0.2, 0.25) is 0 Å². The normalized spacial score (nSPS) is 10.2. The van der Waals surface area contributed by atoms with Gasteiger partial charge in [-0.15, -0.1) is 5.10 Å². The second-order valence-electron chi connectivity index (χ2n) is 4.64. The third-order valence-electron chi connectivity index (χ3n) is 2.97.